The van der Waals surface area contributed by atoms with Gasteiger partial charge in [0, 0.05) is 0 Å². The van der Waals surface area contributed by atoms with Gasteiger partial charge in [0.1, 0.15) is 6.61 Å². The first-order valence-corrected chi connectivity index (χ1v) is 13.9. The van der Waals surface area contributed by atoms with Crippen molar-refractivity contribution in [3.05, 3.63) is 124 Å². The van der Waals surface area contributed by atoms with Gasteiger partial charge in [0.2, 0.25) is 0 Å². The summed E-state index contributed by atoms with van der Waals surface area (Å²) in [5.74, 6) is 0.515. The monoisotopic (exact) mass is 565 g/mol. The standard InChI is InChI=1S/C33H24ClNO4S/c1-38-29-17-21(16-28(34)31(29)39-20-25-13-7-11-23-9-3-5-15-27(23)25)18-30-32(36)35(33(37)40-30)19-24-12-6-10-22-8-2-4-14-26(22)24/h2-18H,19-20H2,1H3/b30-18-. The van der Waals surface area contributed by atoms with Crippen LogP contribution in [0.1, 0.15) is 16.7 Å². The summed E-state index contributed by atoms with van der Waals surface area (Å²) in [6.45, 7) is 0.512. The molecule has 0 atom stereocenters. The Bertz CT molecular complexity index is 1810. The number of carbonyl (C=O) groups is 2. The first-order chi connectivity index (χ1) is 19.5. The number of imide groups is 1. The van der Waals surface area contributed by atoms with Gasteiger partial charge < -0.3 is 9.47 Å². The summed E-state index contributed by atoms with van der Waals surface area (Å²) in [5.41, 5.74) is 2.58. The first-order valence-electron chi connectivity index (χ1n) is 12.7. The topological polar surface area (TPSA) is 55.8 Å². The molecule has 0 saturated carbocycles. The van der Waals surface area contributed by atoms with Gasteiger partial charge >= 0.3 is 0 Å². The van der Waals surface area contributed by atoms with Crippen LogP contribution in [0, 0.1) is 0 Å². The van der Waals surface area contributed by atoms with Crippen molar-refractivity contribution in [2.75, 3.05) is 7.11 Å². The van der Waals surface area contributed by atoms with Crippen molar-refractivity contribution in [3.63, 3.8) is 0 Å². The summed E-state index contributed by atoms with van der Waals surface area (Å²) < 4.78 is 11.7. The lowest BCUT2D eigenvalue weighted by molar-refractivity contribution is -0.123. The Kier molecular flexibility index (Phi) is 7.20. The molecular formula is C33H24ClNO4S. The molecule has 2 amide bonds. The van der Waals surface area contributed by atoms with Gasteiger partial charge in [-0.1, -0.05) is 96.5 Å². The molecule has 1 aliphatic heterocycles. The average molecular weight is 566 g/mol. The van der Waals surface area contributed by atoms with Crippen LogP contribution in [0.2, 0.25) is 5.02 Å². The Morgan fingerprint density at radius 1 is 0.825 bits per heavy atom. The summed E-state index contributed by atoms with van der Waals surface area (Å²) >= 11 is 7.55. The lowest BCUT2D eigenvalue weighted by atomic mass is 10.0. The summed E-state index contributed by atoms with van der Waals surface area (Å²) in [7, 11) is 1.54. The van der Waals surface area contributed by atoms with E-state index in [4.69, 9.17) is 21.1 Å². The van der Waals surface area contributed by atoms with Gasteiger partial charge in [0.25, 0.3) is 11.1 Å². The summed E-state index contributed by atoms with van der Waals surface area (Å²) in [6, 6.07) is 31.5. The van der Waals surface area contributed by atoms with Crippen LogP contribution in [0.25, 0.3) is 27.6 Å². The molecule has 1 heterocycles. The van der Waals surface area contributed by atoms with Crippen LogP contribution in [-0.4, -0.2) is 23.2 Å². The fourth-order valence-electron chi connectivity index (χ4n) is 4.92. The highest BCUT2D eigenvalue weighted by atomic mass is 35.5. The first kappa shape index (κ1) is 26.0. The number of fused-ring (bicyclic) bond motifs is 2. The molecule has 6 rings (SSSR count). The zero-order valence-corrected chi connectivity index (χ0v) is 23.2. The molecule has 7 heteroatoms. The van der Waals surface area contributed by atoms with Crippen molar-refractivity contribution in [1.29, 1.82) is 0 Å². The zero-order chi connectivity index (χ0) is 27.6. The van der Waals surface area contributed by atoms with E-state index in [2.05, 4.69) is 18.2 Å². The van der Waals surface area contributed by atoms with Crippen molar-refractivity contribution >= 4 is 62.1 Å². The lowest BCUT2D eigenvalue weighted by Gasteiger charge is -2.15. The van der Waals surface area contributed by atoms with E-state index in [1.54, 1.807) is 18.2 Å². The number of benzene rings is 5. The van der Waals surface area contributed by atoms with E-state index in [-0.39, 0.29) is 17.7 Å². The number of nitrogens with zero attached hydrogens (tertiary/aromatic N) is 1. The number of ether oxygens (including phenoxy) is 2. The second-order valence-electron chi connectivity index (χ2n) is 9.37. The Balaban J connectivity index is 1.23. The Hall–Kier alpha value is -4.26. The Morgan fingerprint density at radius 2 is 1.45 bits per heavy atom. The molecular weight excluding hydrogens is 542 g/mol. The van der Waals surface area contributed by atoms with E-state index in [9.17, 15) is 9.59 Å². The van der Waals surface area contributed by atoms with E-state index in [1.165, 1.54) is 12.0 Å². The van der Waals surface area contributed by atoms with E-state index in [0.29, 0.717) is 33.6 Å². The fourth-order valence-corrected chi connectivity index (χ4v) is 6.03. The fraction of sp³-hybridized carbons (Fsp3) is 0.0909. The summed E-state index contributed by atoms with van der Waals surface area (Å²) in [5, 5.41) is 4.36. The molecule has 1 aliphatic rings. The van der Waals surface area contributed by atoms with Crippen molar-refractivity contribution in [2.24, 2.45) is 0 Å². The van der Waals surface area contributed by atoms with Crippen LogP contribution >= 0.6 is 23.4 Å². The van der Waals surface area contributed by atoms with Crippen LogP contribution in [0.4, 0.5) is 4.79 Å². The molecule has 0 unspecified atom stereocenters. The van der Waals surface area contributed by atoms with Gasteiger partial charge in [-0.15, -0.1) is 0 Å². The van der Waals surface area contributed by atoms with Gasteiger partial charge in [-0.3, -0.25) is 14.5 Å². The third kappa shape index (κ3) is 5.04. The molecule has 0 bridgehead atoms. The zero-order valence-electron chi connectivity index (χ0n) is 21.6. The third-order valence-electron chi connectivity index (χ3n) is 6.88. The Morgan fingerprint density at radius 3 is 2.15 bits per heavy atom. The molecule has 0 N–H and O–H groups in total. The quantitative estimate of drug-likeness (QED) is 0.185. The minimum atomic E-state index is -0.339. The minimum absolute atomic E-state index is 0.203. The Labute approximate surface area is 241 Å². The molecule has 0 aromatic heterocycles. The average Bonchev–Trinajstić information content (AvgIpc) is 3.23. The van der Waals surface area contributed by atoms with Crippen LogP contribution in [0.5, 0.6) is 11.5 Å². The number of hydrogen-bond acceptors (Lipinski definition) is 5. The van der Waals surface area contributed by atoms with Crippen molar-refractivity contribution in [1.82, 2.24) is 4.90 Å². The smallest absolute Gasteiger partial charge is 0.293 e. The number of carbonyl (C=O) groups excluding carboxylic acids is 2. The van der Waals surface area contributed by atoms with Gasteiger partial charge in [0.15, 0.2) is 11.5 Å². The number of amides is 2. The minimum Gasteiger partial charge on any atom is -0.493 e. The second kappa shape index (κ2) is 11.1. The summed E-state index contributed by atoms with van der Waals surface area (Å²) in [4.78, 5) is 27.7. The maximum atomic E-state index is 13.3. The van der Waals surface area contributed by atoms with Gasteiger partial charge in [0.05, 0.1) is 23.6 Å². The SMILES string of the molecule is COc1cc(/C=C2\SC(=O)N(Cc3cccc4ccccc34)C2=O)cc(Cl)c1OCc1cccc2ccccc12. The van der Waals surface area contributed by atoms with E-state index >= 15 is 0 Å². The van der Waals surface area contributed by atoms with Crippen molar-refractivity contribution in [2.45, 2.75) is 13.2 Å². The van der Waals surface area contributed by atoms with Crippen LogP contribution < -0.4 is 9.47 Å². The molecule has 0 radical (unpaired) electrons. The van der Waals surface area contributed by atoms with Gasteiger partial charge in [-0.25, -0.2) is 0 Å². The highest BCUT2D eigenvalue weighted by Crippen LogP contribution is 2.40. The van der Waals surface area contributed by atoms with E-state index < -0.39 is 0 Å². The summed E-state index contributed by atoms with van der Waals surface area (Å²) in [6.07, 6.45) is 1.66. The van der Waals surface area contributed by atoms with Gasteiger partial charge in [-0.05, 0) is 68.2 Å². The molecule has 5 nitrogen and oxygen atoms in total. The molecule has 0 aliphatic carbocycles. The molecule has 1 saturated heterocycles. The molecule has 5 aromatic rings. The molecule has 198 valence electrons. The highest BCUT2D eigenvalue weighted by Gasteiger charge is 2.35. The normalized spacial score (nSPS) is 14.4. The molecule has 5 aromatic carbocycles. The van der Waals surface area contributed by atoms with Crippen LogP contribution in [-0.2, 0) is 17.9 Å². The van der Waals surface area contributed by atoms with Crippen LogP contribution in [0.15, 0.2) is 102 Å². The third-order valence-corrected chi connectivity index (χ3v) is 8.07. The lowest BCUT2D eigenvalue weighted by Crippen LogP contribution is -2.27. The van der Waals surface area contributed by atoms with Crippen molar-refractivity contribution < 1.29 is 19.1 Å². The number of halogens is 1. The maximum absolute atomic E-state index is 13.3. The number of hydrogen-bond donors (Lipinski definition) is 0. The number of rotatable bonds is 7. The molecule has 0 spiro atoms. The van der Waals surface area contributed by atoms with E-state index in [1.807, 2.05) is 66.7 Å². The number of methoxy groups -OCH3 is 1. The number of thioether (sulfide) groups is 1. The van der Waals surface area contributed by atoms with Crippen molar-refractivity contribution in [3.8, 4) is 11.5 Å². The maximum Gasteiger partial charge on any atom is 0.293 e. The predicted octanol–water partition coefficient (Wildman–Crippen LogP) is 8.47. The predicted molar refractivity (Wildman–Crippen MR) is 162 cm³/mol. The molecule has 40 heavy (non-hydrogen) atoms. The largest absolute Gasteiger partial charge is 0.493 e. The van der Waals surface area contributed by atoms with Crippen LogP contribution in [0.3, 0.4) is 0 Å². The second-order valence-corrected chi connectivity index (χ2v) is 10.8. The highest BCUT2D eigenvalue weighted by molar-refractivity contribution is 8.18. The van der Waals surface area contributed by atoms with Gasteiger partial charge in [-0.2, -0.15) is 0 Å². The molecule has 1 fully saturated rings. The van der Waals surface area contributed by atoms with E-state index in [0.717, 1.165) is 44.4 Å².